The molecule has 1 amide bonds. The molecule has 1 aromatic rings. The van der Waals surface area contributed by atoms with Crippen LogP contribution in [0.1, 0.15) is 29.6 Å². The molecular weight excluding hydrogens is 353 g/mol. The second-order valence-corrected chi connectivity index (χ2v) is 7.07. The van der Waals surface area contributed by atoms with E-state index in [0.717, 1.165) is 9.30 Å². The Balaban J connectivity index is 1.94. The Hall–Kier alpha value is -0.630. The molecule has 1 fully saturated rings. The van der Waals surface area contributed by atoms with Crippen LogP contribution in [0.25, 0.3) is 0 Å². The predicted molar refractivity (Wildman–Crippen MR) is 73.3 cm³/mol. The van der Waals surface area contributed by atoms with E-state index in [9.17, 15) is 9.59 Å². The molecule has 0 radical (unpaired) electrons. The highest BCUT2D eigenvalue weighted by Gasteiger charge is 2.44. The van der Waals surface area contributed by atoms with Gasteiger partial charge in [0.2, 0.25) is 0 Å². The summed E-state index contributed by atoms with van der Waals surface area (Å²) in [6.07, 6.45) is 2.24. The van der Waals surface area contributed by atoms with Crippen LogP contribution in [0.3, 0.4) is 0 Å². The third-order valence-corrected chi connectivity index (χ3v) is 4.97. The SMILES string of the molecule is O=C(NCC1(C(=O)O)CCC1)c1csc(I)c1. The Labute approximate surface area is 117 Å². The Morgan fingerprint density at radius 3 is 2.65 bits per heavy atom. The topological polar surface area (TPSA) is 66.4 Å². The van der Waals surface area contributed by atoms with Gasteiger partial charge in [-0.15, -0.1) is 11.3 Å². The van der Waals surface area contributed by atoms with Crippen molar-refractivity contribution >= 4 is 45.8 Å². The van der Waals surface area contributed by atoms with Gasteiger partial charge in [-0.05, 0) is 41.5 Å². The fraction of sp³-hybridized carbons (Fsp3) is 0.455. The van der Waals surface area contributed by atoms with Crippen molar-refractivity contribution in [1.82, 2.24) is 5.32 Å². The molecule has 1 aliphatic rings. The van der Waals surface area contributed by atoms with Crippen LogP contribution in [0.15, 0.2) is 11.4 Å². The third-order valence-electron chi connectivity index (χ3n) is 3.18. The molecule has 2 N–H and O–H groups in total. The van der Waals surface area contributed by atoms with Gasteiger partial charge in [-0.2, -0.15) is 0 Å². The number of carbonyl (C=O) groups excluding carboxylic acids is 1. The van der Waals surface area contributed by atoms with E-state index in [2.05, 4.69) is 27.9 Å². The van der Waals surface area contributed by atoms with Gasteiger partial charge < -0.3 is 10.4 Å². The van der Waals surface area contributed by atoms with Crippen LogP contribution in [0.4, 0.5) is 0 Å². The predicted octanol–water partition coefficient (Wildman–Crippen LogP) is 2.34. The van der Waals surface area contributed by atoms with Crippen molar-refractivity contribution < 1.29 is 14.7 Å². The highest BCUT2D eigenvalue weighted by Crippen LogP contribution is 2.40. The molecule has 6 heteroatoms. The zero-order chi connectivity index (χ0) is 12.5. The first-order valence-electron chi connectivity index (χ1n) is 5.29. The Morgan fingerprint density at radius 1 is 1.53 bits per heavy atom. The summed E-state index contributed by atoms with van der Waals surface area (Å²) < 4.78 is 1.05. The largest absolute Gasteiger partial charge is 0.481 e. The lowest BCUT2D eigenvalue weighted by atomic mass is 9.69. The van der Waals surface area contributed by atoms with Gasteiger partial charge in [0, 0.05) is 11.9 Å². The lowest BCUT2D eigenvalue weighted by molar-refractivity contribution is -0.153. The number of carboxylic acid groups (broad SMARTS) is 1. The van der Waals surface area contributed by atoms with Crippen LogP contribution in [-0.4, -0.2) is 23.5 Å². The summed E-state index contributed by atoms with van der Waals surface area (Å²) in [7, 11) is 0. The standard InChI is InChI=1S/C11H12INO3S/c12-8-4-7(5-17-8)9(14)13-6-11(10(15)16)2-1-3-11/h4-5H,1-3,6H2,(H,13,14)(H,15,16). The molecule has 0 aliphatic heterocycles. The molecule has 0 bridgehead atoms. The van der Waals surface area contributed by atoms with Crippen molar-refractivity contribution in [3.05, 3.63) is 19.9 Å². The van der Waals surface area contributed by atoms with Crippen LogP contribution in [-0.2, 0) is 4.79 Å². The summed E-state index contributed by atoms with van der Waals surface area (Å²) in [6.45, 7) is 0.230. The van der Waals surface area contributed by atoms with Crippen molar-refractivity contribution in [2.45, 2.75) is 19.3 Å². The van der Waals surface area contributed by atoms with Crippen molar-refractivity contribution in [3.8, 4) is 0 Å². The maximum absolute atomic E-state index is 11.8. The van der Waals surface area contributed by atoms with Crippen molar-refractivity contribution in [2.75, 3.05) is 6.54 Å². The molecule has 1 heterocycles. The van der Waals surface area contributed by atoms with Gasteiger partial charge in [-0.25, -0.2) is 0 Å². The molecule has 0 atom stereocenters. The first-order valence-corrected chi connectivity index (χ1v) is 7.25. The minimum atomic E-state index is -0.802. The molecule has 92 valence electrons. The van der Waals surface area contributed by atoms with E-state index in [1.807, 2.05) is 0 Å². The number of nitrogens with one attached hydrogen (secondary N) is 1. The van der Waals surface area contributed by atoms with E-state index in [4.69, 9.17) is 5.11 Å². The Morgan fingerprint density at radius 2 is 2.24 bits per heavy atom. The van der Waals surface area contributed by atoms with E-state index in [0.29, 0.717) is 18.4 Å². The van der Waals surface area contributed by atoms with Crippen LogP contribution >= 0.6 is 33.9 Å². The van der Waals surface area contributed by atoms with E-state index in [1.54, 1.807) is 11.4 Å². The fourth-order valence-electron chi connectivity index (χ4n) is 1.85. The highest BCUT2D eigenvalue weighted by molar-refractivity contribution is 14.1. The molecule has 4 nitrogen and oxygen atoms in total. The van der Waals surface area contributed by atoms with Gasteiger partial charge >= 0.3 is 5.97 Å². The summed E-state index contributed by atoms with van der Waals surface area (Å²) in [6, 6.07) is 1.80. The lowest BCUT2D eigenvalue weighted by Gasteiger charge is -2.37. The number of rotatable bonds is 4. The Bertz CT molecular complexity index is 453. The number of hydrogen-bond donors (Lipinski definition) is 2. The number of hydrogen-bond acceptors (Lipinski definition) is 3. The lowest BCUT2D eigenvalue weighted by Crippen LogP contribution is -2.47. The molecule has 0 saturated heterocycles. The first-order chi connectivity index (χ1) is 8.03. The molecule has 17 heavy (non-hydrogen) atoms. The highest BCUT2D eigenvalue weighted by atomic mass is 127. The number of amides is 1. The molecule has 0 aromatic carbocycles. The fourth-order valence-corrected chi connectivity index (χ4v) is 3.18. The van der Waals surface area contributed by atoms with E-state index < -0.39 is 11.4 Å². The van der Waals surface area contributed by atoms with Gasteiger partial charge in [0.25, 0.3) is 5.91 Å². The van der Waals surface area contributed by atoms with Gasteiger partial charge in [0.05, 0.1) is 13.9 Å². The molecular formula is C11H12INO3S. The van der Waals surface area contributed by atoms with Crippen LogP contribution in [0, 0.1) is 8.30 Å². The number of carbonyl (C=O) groups is 2. The minimum absolute atomic E-state index is 0.184. The molecule has 1 aliphatic carbocycles. The van der Waals surface area contributed by atoms with Crippen LogP contribution < -0.4 is 5.32 Å². The second kappa shape index (κ2) is 4.93. The normalized spacial score (nSPS) is 17.2. The number of aliphatic carboxylic acids is 1. The minimum Gasteiger partial charge on any atom is -0.481 e. The number of carboxylic acids is 1. The third kappa shape index (κ3) is 2.62. The summed E-state index contributed by atoms with van der Waals surface area (Å²) in [5, 5.41) is 13.6. The number of halogens is 1. The maximum Gasteiger partial charge on any atom is 0.311 e. The van der Waals surface area contributed by atoms with Gasteiger partial charge in [0.1, 0.15) is 0 Å². The average Bonchev–Trinajstić information content (AvgIpc) is 2.62. The molecule has 2 rings (SSSR count). The molecule has 0 spiro atoms. The van der Waals surface area contributed by atoms with Crippen molar-refractivity contribution in [3.63, 3.8) is 0 Å². The van der Waals surface area contributed by atoms with Crippen LogP contribution in [0.5, 0.6) is 0 Å². The first kappa shape index (κ1) is 12.8. The zero-order valence-electron chi connectivity index (χ0n) is 9.03. The molecule has 0 unspecified atom stereocenters. The monoisotopic (exact) mass is 365 g/mol. The summed E-state index contributed by atoms with van der Waals surface area (Å²) in [5.41, 5.74) is -0.113. The number of thiophene rings is 1. The second-order valence-electron chi connectivity index (χ2n) is 4.26. The summed E-state index contributed by atoms with van der Waals surface area (Å²) >= 11 is 3.65. The molecule has 1 aromatic heterocycles. The zero-order valence-corrected chi connectivity index (χ0v) is 12.0. The van der Waals surface area contributed by atoms with E-state index in [-0.39, 0.29) is 12.5 Å². The van der Waals surface area contributed by atoms with Gasteiger partial charge in [-0.3, -0.25) is 9.59 Å². The summed E-state index contributed by atoms with van der Waals surface area (Å²) in [4.78, 5) is 22.9. The Kier molecular flexibility index (Phi) is 3.72. The quantitative estimate of drug-likeness (QED) is 0.805. The van der Waals surface area contributed by atoms with Crippen molar-refractivity contribution in [1.29, 1.82) is 0 Å². The van der Waals surface area contributed by atoms with E-state index in [1.165, 1.54) is 11.3 Å². The van der Waals surface area contributed by atoms with Crippen molar-refractivity contribution in [2.24, 2.45) is 5.41 Å². The molecule has 1 saturated carbocycles. The van der Waals surface area contributed by atoms with Gasteiger partial charge in [0.15, 0.2) is 0 Å². The summed E-state index contributed by atoms with van der Waals surface area (Å²) in [5.74, 6) is -0.986. The smallest absolute Gasteiger partial charge is 0.311 e. The maximum atomic E-state index is 11.8. The van der Waals surface area contributed by atoms with Crippen LogP contribution in [0.2, 0.25) is 0 Å². The average molecular weight is 365 g/mol. The van der Waals surface area contributed by atoms with E-state index >= 15 is 0 Å². The van der Waals surface area contributed by atoms with Gasteiger partial charge in [-0.1, -0.05) is 6.42 Å².